The van der Waals surface area contributed by atoms with Crippen LogP contribution in [0.4, 0.5) is 17.3 Å². The quantitative estimate of drug-likeness (QED) is 0.334. The summed E-state index contributed by atoms with van der Waals surface area (Å²) in [6, 6.07) is 6.95. The standard InChI is InChI=1S/C24H34N6O4/c1-7-14(4)19(12-31)27-20-11-18(13(2)3)28-24-21(22(25)32)23(29-30(20)24)26-15-8-16(33-5)10-17(9-15)34-6/h8-11,13-14,19,27,31H,7,12H2,1-6H3,(H2,25,32)(H,26,29)/t14?,19-/m1/s1. The zero-order valence-electron chi connectivity index (χ0n) is 20.5. The van der Waals surface area contributed by atoms with Crippen LogP contribution in [0.15, 0.2) is 24.3 Å². The van der Waals surface area contributed by atoms with Gasteiger partial charge in [-0.05, 0) is 11.8 Å². The van der Waals surface area contributed by atoms with E-state index >= 15 is 0 Å². The third-order valence-corrected chi connectivity index (χ3v) is 5.92. The number of nitrogens with two attached hydrogens (primary N) is 1. The van der Waals surface area contributed by atoms with Crippen LogP contribution in [0.1, 0.15) is 56.1 Å². The predicted octanol–water partition coefficient (Wildman–Crippen LogP) is 3.53. The van der Waals surface area contributed by atoms with Gasteiger partial charge in [-0.25, -0.2) is 4.98 Å². The lowest BCUT2D eigenvalue weighted by atomic mass is 10.00. The smallest absolute Gasteiger partial charge is 0.256 e. The van der Waals surface area contributed by atoms with E-state index in [4.69, 9.17) is 20.2 Å². The Morgan fingerprint density at radius 1 is 1.15 bits per heavy atom. The highest BCUT2D eigenvalue weighted by Gasteiger charge is 2.24. The van der Waals surface area contributed by atoms with E-state index in [-0.39, 0.29) is 35.9 Å². The fourth-order valence-electron chi connectivity index (χ4n) is 3.61. The van der Waals surface area contributed by atoms with Crippen molar-refractivity contribution < 1.29 is 19.4 Å². The van der Waals surface area contributed by atoms with Crippen LogP contribution < -0.4 is 25.8 Å². The molecule has 3 aromatic rings. The number of primary amides is 1. The van der Waals surface area contributed by atoms with Crippen molar-refractivity contribution in [3.63, 3.8) is 0 Å². The highest BCUT2D eigenvalue weighted by molar-refractivity contribution is 6.04. The Morgan fingerprint density at radius 2 is 1.79 bits per heavy atom. The molecule has 0 saturated carbocycles. The molecule has 0 aliphatic rings. The first-order valence-corrected chi connectivity index (χ1v) is 11.3. The summed E-state index contributed by atoms with van der Waals surface area (Å²) < 4.78 is 12.2. The van der Waals surface area contributed by atoms with Crippen molar-refractivity contribution in [2.75, 3.05) is 31.5 Å². The van der Waals surface area contributed by atoms with Gasteiger partial charge in [-0.2, -0.15) is 4.52 Å². The maximum absolute atomic E-state index is 12.5. The van der Waals surface area contributed by atoms with E-state index in [2.05, 4.69) is 29.6 Å². The Hall–Kier alpha value is -3.53. The second-order valence-electron chi connectivity index (χ2n) is 8.59. The van der Waals surface area contributed by atoms with Gasteiger partial charge in [-0.3, -0.25) is 4.79 Å². The molecule has 184 valence electrons. The van der Waals surface area contributed by atoms with E-state index in [1.54, 1.807) is 36.9 Å². The van der Waals surface area contributed by atoms with Gasteiger partial charge in [0.25, 0.3) is 5.91 Å². The van der Waals surface area contributed by atoms with Gasteiger partial charge >= 0.3 is 0 Å². The molecule has 0 spiro atoms. The monoisotopic (exact) mass is 470 g/mol. The summed E-state index contributed by atoms with van der Waals surface area (Å²) in [7, 11) is 3.12. The summed E-state index contributed by atoms with van der Waals surface area (Å²) in [6.45, 7) is 8.12. The molecule has 0 aliphatic heterocycles. The van der Waals surface area contributed by atoms with Gasteiger partial charge in [-0.15, -0.1) is 5.10 Å². The van der Waals surface area contributed by atoms with Gasteiger partial charge in [0, 0.05) is 35.6 Å². The highest BCUT2D eigenvalue weighted by atomic mass is 16.5. The van der Waals surface area contributed by atoms with Gasteiger partial charge in [0.15, 0.2) is 11.5 Å². The van der Waals surface area contributed by atoms with E-state index in [1.807, 2.05) is 19.9 Å². The fraction of sp³-hybridized carbons (Fsp3) is 0.458. The molecule has 34 heavy (non-hydrogen) atoms. The number of hydrogen-bond acceptors (Lipinski definition) is 8. The molecule has 0 fully saturated rings. The molecule has 3 rings (SSSR count). The number of benzene rings is 1. The van der Waals surface area contributed by atoms with Crippen LogP contribution >= 0.6 is 0 Å². The second-order valence-corrected chi connectivity index (χ2v) is 8.59. The van der Waals surface area contributed by atoms with E-state index < -0.39 is 5.91 Å². The molecule has 0 saturated heterocycles. The summed E-state index contributed by atoms with van der Waals surface area (Å²) in [6.07, 6.45) is 0.889. The largest absolute Gasteiger partial charge is 0.497 e. The molecule has 10 nitrogen and oxygen atoms in total. The Labute approximate surface area is 199 Å². The predicted molar refractivity (Wildman–Crippen MR) is 132 cm³/mol. The SMILES string of the molecule is CCC(C)[C@@H](CO)Nc1cc(C(C)C)nc2c(C(N)=O)c(Nc3cc(OC)cc(OC)c3)nn12. The minimum atomic E-state index is -0.660. The summed E-state index contributed by atoms with van der Waals surface area (Å²) >= 11 is 0. The molecular formula is C24H34N6O4. The number of nitrogens with zero attached hydrogens (tertiary/aromatic N) is 3. The van der Waals surface area contributed by atoms with E-state index in [0.29, 0.717) is 28.7 Å². The normalized spacial score (nSPS) is 13.1. The topological polar surface area (TPSA) is 136 Å². The number of aromatic nitrogens is 3. The van der Waals surface area contributed by atoms with Crippen molar-refractivity contribution in [3.05, 3.63) is 35.5 Å². The first-order chi connectivity index (χ1) is 16.2. The number of anilines is 3. The molecule has 1 aromatic carbocycles. The minimum Gasteiger partial charge on any atom is -0.497 e. The summed E-state index contributed by atoms with van der Waals surface area (Å²) in [5.74, 6) is 1.67. The number of methoxy groups -OCH3 is 2. The van der Waals surface area contributed by atoms with Crippen molar-refractivity contribution in [2.45, 2.75) is 46.1 Å². The second kappa shape index (κ2) is 10.6. The summed E-state index contributed by atoms with van der Waals surface area (Å²) in [5.41, 5.74) is 7.65. The van der Waals surface area contributed by atoms with Crippen LogP contribution in [0.2, 0.25) is 0 Å². The Morgan fingerprint density at radius 3 is 2.29 bits per heavy atom. The summed E-state index contributed by atoms with van der Waals surface area (Å²) in [5, 5.41) is 21.1. The van der Waals surface area contributed by atoms with Gasteiger partial charge < -0.3 is 30.9 Å². The minimum absolute atomic E-state index is 0.0471. The molecule has 5 N–H and O–H groups in total. The molecule has 10 heteroatoms. The Balaban J connectivity index is 2.18. The number of hydrogen-bond donors (Lipinski definition) is 4. The van der Waals surface area contributed by atoms with Crippen LogP contribution in [0.5, 0.6) is 11.5 Å². The van der Waals surface area contributed by atoms with Crippen molar-refractivity contribution in [1.29, 1.82) is 0 Å². The number of aliphatic hydroxyl groups is 1. The third-order valence-electron chi connectivity index (χ3n) is 5.92. The van der Waals surface area contributed by atoms with Crippen LogP contribution in [-0.4, -0.2) is 52.5 Å². The highest BCUT2D eigenvalue weighted by Crippen LogP contribution is 2.31. The lowest BCUT2D eigenvalue weighted by Crippen LogP contribution is -2.32. The van der Waals surface area contributed by atoms with Crippen LogP contribution in [-0.2, 0) is 0 Å². The van der Waals surface area contributed by atoms with E-state index in [1.165, 1.54) is 0 Å². The lowest BCUT2D eigenvalue weighted by molar-refractivity contribution is 0.100. The molecule has 2 atom stereocenters. The van der Waals surface area contributed by atoms with Crippen molar-refractivity contribution in [3.8, 4) is 11.5 Å². The fourth-order valence-corrected chi connectivity index (χ4v) is 3.61. The van der Waals surface area contributed by atoms with Gasteiger partial charge in [0.2, 0.25) is 0 Å². The Kier molecular flexibility index (Phi) is 7.83. The molecular weight excluding hydrogens is 436 g/mol. The number of carbonyl (C=O) groups is 1. The van der Waals surface area contributed by atoms with Gasteiger partial charge in [-0.1, -0.05) is 34.1 Å². The van der Waals surface area contributed by atoms with Crippen molar-refractivity contribution >= 4 is 28.9 Å². The van der Waals surface area contributed by atoms with Gasteiger partial charge in [0.05, 0.1) is 26.9 Å². The summed E-state index contributed by atoms with van der Waals surface area (Å²) in [4.78, 5) is 17.2. The average Bonchev–Trinajstić information content (AvgIpc) is 3.19. The molecule has 0 radical (unpaired) electrons. The maximum atomic E-state index is 12.5. The maximum Gasteiger partial charge on any atom is 0.256 e. The number of nitrogens with one attached hydrogen (secondary N) is 2. The molecule has 0 bridgehead atoms. The zero-order chi connectivity index (χ0) is 25.0. The van der Waals surface area contributed by atoms with Crippen LogP contribution in [0, 0.1) is 5.92 Å². The number of amides is 1. The van der Waals surface area contributed by atoms with E-state index in [9.17, 15) is 9.90 Å². The number of carbonyl (C=O) groups excluding carboxylic acids is 1. The van der Waals surface area contributed by atoms with Crippen molar-refractivity contribution in [2.24, 2.45) is 11.7 Å². The Bertz CT molecular complexity index is 1140. The lowest BCUT2D eigenvalue weighted by Gasteiger charge is -2.24. The van der Waals surface area contributed by atoms with Crippen LogP contribution in [0.3, 0.4) is 0 Å². The van der Waals surface area contributed by atoms with Crippen molar-refractivity contribution in [1.82, 2.24) is 14.6 Å². The first kappa shape index (κ1) is 25.1. The molecule has 2 aromatic heterocycles. The zero-order valence-corrected chi connectivity index (χ0v) is 20.5. The van der Waals surface area contributed by atoms with Gasteiger partial charge in [0.1, 0.15) is 22.9 Å². The van der Waals surface area contributed by atoms with Crippen LogP contribution in [0.25, 0.3) is 5.65 Å². The molecule has 0 aliphatic carbocycles. The third kappa shape index (κ3) is 5.17. The molecule has 1 amide bonds. The average molecular weight is 471 g/mol. The number of rotatable bonds is 11. The first-order valence-electron chi connectivity index (χ1n) is 11.3. The number of fused-ring (bicyclic) bond motifs is 1. The molecule has 2 heterocycles. The number of aliphatic hydroxyl groups excluding tert-OH is 1. The van der Waals surface area contributed by atoms with E-state index in [0.717, 1.165) is 12.1 Å². The number of ether oxygens (including phenoxy) is 2. The molecule has 1 unspecified atom stereocenters.